The first kappa shape index (κ1) is 14.4. The molecule has 0 spiro atoms. The number of benzene rings is 2. The van der Waals surface area contributed by atoms with Crippen LogP contribution in [0.25, 0.3) is 0 Å². The monoisotopic (exact) mass is 279 g/mol. The van der Waals surface area contributed by atoms with E-state index < -0.39 is 6.36 Å². The quantitative estimate of drug-likeness (QED) is 0.777. The smallest absolute Gasteiger partial charge is 0.405 e. The third-order valence-electron chi connectivity index (χ3n) is 3.07. The van der Waals surface area contributed by atoms with Crippen LogP contribution in [0.3, 0.4) is 0 Å². The summed E-state index contributed by atoms with van der Waals surface area (Å²) in [5.41, 5.74) is 2.36. The van der Waals surface area contributed by atoms with Crippen LogP contribution in [-0.2, 0) is 0 Å². The lowest BCUT2D eigenvalue weighted by atomic mass is 9.89. The van der Waals surface area contributed by atoms with Gasteiger partial charge in [-0.1, -0.05) is 49.4 Å². The molecule has 105 valence electrons. The summed E-state index contributed by atoms with van der Waals surface area (Å²) >= 11 is 0. The molecular formula is C16H14F3O. The molecule has 0 saturated heterocycles. The van der Waals surface area contributed by atoms with Crippen LogP contribution in [0.1, 0.15) is 23.6 Å². The van der Waals surface area contributed by atoms with Crippen LogP contribution < -0.4 is 4.74 Å². The molecule has 0 N–H and O–H groups in total. The number of rotatable bonds is 3. The summed E-state index contributed by atoms with van der Waals surface area (Å²) in [5.74, 6) is 0.573. The van der Waals surface area contributed by atoms with Gasteiger partial charge in [0.15, 0.2) is 0 Å². The van der Waals surface area contributed by atoms with Gasteiger partial charge >= 0.3 is 6.36 Å². The van der Waals surface area contributed by atoms with Crippen molar-refractivity contribution in [3.8, 4) is 5.75 Å². The fourth-order valence-corrected chi connectivity index (χ4v) is 2.13. The minimum atomic E-state index is -4.69. The third kappa shape index (κ3) is 3.32. The molecule has 0 amide bonds. The third-order valence-corrected chi connectivity index (χ3v) is 3.07. The molecule has 2 rings (SSSR count). The Morgan fingerprint density at radius 2 is 1.45 bits per heavy atom. The van der Waals surface area contributed by atoms with Gasteiger partial charge in [-0.3, -0.25) is 0 Å². The Morgan fingerprint density at radius 1 is 0.900 bits per heavy atom. The summed E-state index contributed by atoms with van der Waals surface area (Å²) in [4.78, 5) is 0. The number of alkyl halides is 3. The van der Waals surface area contributed by atoms with E-state index in [1.165, 1.54) is 12.1 Å². The topological polar surface area (TPSA) is 9.23 Å². The minimum Gasteiger partial charge on any atom is -0.405 e. The zero-order chi connectivity index (χ0) is 14.8. The Bertz CT molecular complexity index is 590. The van der Waals surface area contributed by atoms with E-state index in [1.54, 1.807) is 19.1 Å². The molecular weight excluding hydrogens is 265 g/mol. The second-order valence-corrected chi connectivity index (χ2v) is 4.48. The summed E-state index contributed by atoms with van der Waals surface area (Å²) in [5, 5.41) is 0. The minimum absolute atomic E-state index is 0.180. The number of para-hydroxylation sites is 1. The molecule has 0 aliphatic rings. The maximum absolute atomic E-state index is 12.4. The van der Waals surface area contributed by atoms with Gasteiger partial charge < -0.3 is 4.74 Å². The number of aryl methyl sites for hydroxylation is 1. The Labute approximate surface area is 116 Å². The van der Waals surface area contributed by atoms with E-state index in [4.69, 9.17) is 0 Å². The van der Waals surface area contributed by atoms with Crippen molar-refractivity contribution in [1.29, 1.82) is 0 Å². The molecule has 0 heterocycles. The van der Waals surface area contributed by atoms with Gasteiger partial charge in [0.1, 0.15) is 5.75 Å². The molecule has 0 atom stereocenters. The van der Waals surface area contributed by atoms with E-state index in [1.807, 2.05) is 31.2 Å². The van der Waals surface area contributed by atoms with Crippen molar-refractivity contribution < 1.29 is 17.9 Å². The van der Waals surface area contributed by atoms with Crippen LogP contribution in [0, 0.1) is 12.8 Å². The van der Waals surface area contributed by atoms with Gasteiger partial charge in [0.2, 0.25) is 0 Å². The maximum Gasteiger partial charge on any atom is 0.573 e. The number of halogens is 3. The standard InChI is InChI=1S/C16H14F3O/c1-11-7-3-4-8-13(11)12(2)14-9-5-6-10-15(14)20-16(17,18)19/h3-10H,1-2H3. The molecule has 0 unspecified atom stereocenters. The summed E-state index contributed by atoms with van der Waals surface area (Å²) in [6.07, 6.45) is -4.69. The number of hydrogen-bond donors (Lipinski definition) is 0. The van der Waals surface area contributed by atoms with Crippen molar-refractivity contribution in [2.45, 2.75) is 20.2 Å². The predicted molar refractivity (Wildman–Crippen MR) is 71.4 cm³/mol. The average Bonchev–Trinajstić information content (AvgIpc) is 2.37. The van der Waals surface area contributed by atoms with Gasteiger partial charge in [-0.25, -0.2) is 0 Å². The Morgan fingerprint density at radius 3 is 2.05 bits per heavy atom. The highest BCUT2D eigenvalue weighted by molar-refractivity contribution is 5.53. The van der Waals surface area contributed by atoms with Crippen LogP contribution in [-0.4, -0.2) is 6.36 Å². The Balaban J connectivity index is 2.40. The predicted octanol–water partition coefficient (Wildman–Crippen LogP) is 4.88. The average molecular weight is 279 g/mol. The highest BCUT2D eigenvalue weighted by Crippen LogP contribution is 2.34. The highest BCUT2D eigenvalue weighted by atomic mass is 19.4. The van der Waals surface area contributed by atoms with Gasteiger partial charge in [-0.2, -0.15) is 0 Å². The number of ether oxygens (including phenoxy) is 1. The van der Waals surface area contributed by atoms with Crippen molar-refractivity contribution in [2.75, 3.05) is 0 Å². The van der Waals surface area contributed by atoms with Crippen LogP contribution in [0.2, 0.25) is 0 Å². The largest absolute Gasteiger partial charge is 0.573 e. The molecule has 1 radical (unpaired) electrons. The maximum atomic E-state index is 12.4. The van der Waals surface area contributed by atoms with Crippen molar-refractivity contribution in [2.24, 2.45) is 0 Å². The van der Waals surface area contributed by atoms with Crippen LogP contribution in [0.5, 0.6) is 5.75 Å². The van der Waals surface area contributed by atoms with E-state index in [0.29, 0.717) is 5.56 Å². The number of hydrogen-bond acceptors (Lipinski definition) is 1. The summed E-state index contributed by atoms with van der Waals surface area (Å²) < 4.78 is 41.4. The summed E-state index contributed by atoms with van der Waals surface area (Å²) in [7, 11) is 0. The zero-order valence-corrected chi connectivity index (χ0v) is 11.2. The highest BCUT2D eigenvalue weighted by Gasteiger charge is 2.32. The second kappa shape index (κ2) is 5.57. The van der Waals surface area contributed by atoms with Gasteiger partial charge in [0, 0.05) is 11.5 Å². The first-order valence-corrected chi connectivity index (χ1v) is 6.13. The van der Waals surface area contributed by atoms with E-state index >= 15 is 0 Å². The lowest BCUT2D eigenvalue weighted by Crippen LogP contribution is -2.18. The SMILES string of the molecule is C[C](c1ccccc1C)c1ccccc1OC(F)(F)F. The van der Waals surface area contributed by atoms with Crippen molar-refractivity contribution in [3.63, 3.8) is 0 Å². The molecule has 20 heavy (non-hydrogen) atoms. The van der Waals surface area contributed by atoms with E-state index in [2.05, 4.69) is 4.74 Å². The molecule has 0 aliphatic heterocycles. The van der Waals surface area contributed by atoms with Crippen LogP contribution >= 0.6 is 0 Å². The van der Waals surface area contributed by atoms with E-state index in [0.717, 1.165) is 17.0 Å². The fraction of sp³-hybridized carbons (Fsp3) is 0.188. The molecule has 0 aromatic heterocycles. The Hall–Kier alpha value is -1.97. The summed E-state index contributed by atoms with van der Waals surface area (Å²) in [6, 6.07) is 13.7. The van der Waals surface area contributed by atoms with E-state index in [-0.39, 0.29) is 5.75 Å². The van der Waals surface area contributed by atoms with Crippen LogP contribution in [0.4, 0.5) is 13.2 Å². The molecule has 0 fully saturated rings. The molecule has 4 heteroatoms. The van der Waals surface area contributed by atoms with E-state index in [9.17, 15) is 13.2 Å². The molecule has 2 aromatic carbocycles. The van der Waals surface area contributed by atoms with Gasteiger partial charge in [0.25, 0.3) is 0 Å². The molecule has 0 saturated carbocycles. The molecule has 2 aromatic rings. The lowest BCUT2D eigenvalue weighted by Gasteiger charge is -2.19. The first-order chi connectivity index (χ1) is 9.38. The summed E-state index contributed by atoms with van der Waals surface area (Å²) in [6.45, 7) is 3.72. The lowest BCUT2D eigenvalue weighted by molar-refractivity contribution is -0.274. The zero-order valence-electron chi connectivity index (χ0n) is 11.2. The molecule has 0 bridgehead atoms. The second-order valence-electron chi connectivity index (χ2n) is 4.48. The first-order valence-electron chi connectivity index (χ1n) is 6.13. The van der Waals surface area contributed by atoms with Crippen LogP contribution in [0.15, 0.2) is 48.5 Å². The van der Waals surface area contributed by atoms with Crippen molar-refractivity contribution >= 4 is 0 Å². The van der Waals surface area contributed by atoms with Gasteiger partial charge in [0.05, 0.1) is 0 Å². The van der Waals surface area contributed by atoms with Gasteiger partial charge in [-0.15, -0.1) is 13.2 Å². The normalized spacial score (nSPS) is 11.7. The van der Waals surface area contributed by atoms with Crippen molar-refractivity contribution in [3.05, 3.63) is 71.1 Å². The molecule has 1 nitrogen and oxygen atoms in total. The fourth-order valence-electron chi connectivity index (χ4n) is 2.13. The van der Waals surface area contributed by atoms with Crippen molar-refractivity contribution in [1.82, 2.24) is 0 Å². The molecule has 0 aliphatic carbocycles. The van der Waals surface area contributed by atoms with Gasteiger partial charge in [-0.05, 0) is 24.1 Å². The Kier molecular flexibility index (Phi) is 4.02.